The Morgan fingerprint density at radius 1 is 0.926 bits per heavy atom. The molecule has 0 radical (unpaired) electrons. The Morgan fingerprint density at radius 2 is 1.63 bits per heavy atom. The molecule has 0 heterocycles. The van der Waals surface area contributed by atoms with E-state index < -0.39 is 0 Å². The van der Waals surface area contributed by atoms with Gasteiger partial charge in [-0.25, -0.2) is 0 Å². The SMILES string of the molecule is COCc1ccc(CNC(=O)CCC(=O)c2ccc3c(c2)CCCC3)cc1. The van der Waals surface area contributed by atoms with Crippen molar-refractivity contribution in [3.8, 4) is 0 Å². The van der Waals surface area contributed by atoms with Gasteiger partial charge in [0.25, 0.3) is 0 Å². The van der Waals surface area contributed by atoms with E-state index in [1.54, 1.807) is 7.11 Å². The molecule has 1 amide bonds. The van der Waals surface area contributed by atoms with E-state index in [0.29, 0.717) is 13.2 Å². The molecule has 0 saturated heterocycles. The highest BCUT2D eigenvalue weighted by atomic mass is 16.5. The lowest BCUT2D eigenvalue weighted by Crippen LogP contribution is -2.23. The molecule has 2 aromatic rings. The molecule has 142 valence electrons. The lowest BCUT2D eigenvalue weighted by atomic mass is 9.89. The van der Waals surface area contributed by atoms with Crippen molar-refractivity contribution in [1.29, 1.82) is 0 Å². The van der Waals surface area contributed by atoms with Gasteiger partial charge in [0.2, 0.25) is 5.91 Å². The number of ether oxygens (including phenoxy) is 1. The summed E-state index contributed by atoms with van der Waals surface area (Å²) >= 11 is 0. The second-order valence-corrected chi connectivity index (χ2v) is 7.14. The van der Waals surface area contributed by atoms with Crippen molar-refractivity contribution in [2.75, 3.05) is 7.11 Å². The number of benzene rings is 2. The van der Waals surface area contributed by atoms with Gasteiger partial charge in [-0.3, -0.25) is 9.59 Å². The number of aryl methyl sites for hydroxylation is 2. The van der Waals surface area contributed by atoms with Crippen LogP contribution in [0.5, 0.6) is 0 Å². The predicted molar refractivity (Wildman–Crippen MR) is 106 cm³/mol. The zero-order chi connectivity index (χ0) is 19.1. The lowest BCUT2D eigenvalue weighted by molar-refractivity contribution is -0.121. The third kappa shape index (κ3) is 5.51. The van der Waals surface area contributed by atoms with Crippen LogP contribution in [0.3, 0.4) is 0 Å². The van der Waals surface area contributed by atoms with Crippen LogP contribution in [0.25, 0.3) is 0 Å². The molecule has 2 aromatic carbocycles. The van der Waals surface area contributed by atoms with E-state index in [-0.39, 0.29) is 24.5 Å². The Morgan fingerprint density at radius 3 is 2.37 bits per heavy atom. The first-order valence-electron chi connectivity index (χ1n) is 9.64. The second kappa shape index (κ2) is 9.47. The highest BCUT2D eigenvalue weighted by Crippen LogP contribution is 2.23. The molecule has 27 heavy (non-hydrogen) atoms. The predicted octanol–water partition coefficient (Wildman–Crippen LogP) is 3.99. The van der Waals surface area contributed by atoms with Gasteiger partial charge < -0.3 is 10.1 Å². The number of ketones is 1. The second-order valence-electron chi connectivity index (χ2n) is 7.14. The fourth-order valence-corrected chi connectivity index (χ4v) is 3.49. The summed E-state index contributed by atoms with van der Waals surface area (Å²) in [5.74, 6) is -0.0512. The molecular weight excluding hydrogens is 338 g/mol. The van der Waals surface area contributed by atoms with Crippen LogP contribution in [0.4, 0.5) is 0 Å². The molecule has 4 heteroatoms. The number of methoxy groups -OCH3 is 1. The van der Waals surface area contributed by atoms with Crippen molar-refractivity contribution in [2.45, 2.75) is 51.7 Å². The minimum Gasteiger partial charge on any atom is -0.380 e. The number of hydrogen-bond donors (Lipinski definition) is 1. The zero-order valence-corrected chi connectivity index (χ0v) is 15.9. The third-order valence-electron chi connectivity index (χ3n) is 5.07. The molecule has 3 rings (SSSR count). The molecule has 1 N–H and O–H groups in total. The number of carbonyl (C=O) groups is 2. The maximum Gasteiger partial charge on any atom is 0.220 e. The fourth-order valence-electron chi connectivity index (χ4n) is 3.49. The molecule has 0 spiro atoms. The average molecular weight is 365 g/mol. The maximum absolute atomic E-state index is 12.4. The normalized spacial score (nSPS) is 13.1. The molecule has 0 saturated carbocycles. The van der Waals surface area contributed by atoms with Gasteiger partial charge in [-0.05, 0) is 54.0 Å². The van der Waals surface area contributed by atoms with Gasteiger partial charge in [-0.1, -0.05) is 36.4 Å². The Hall–Kier alpha value is -2.46. The zero-order valence-electron chi connectivity index (χ0n) is 15.9. The number of nitrogens with one attached hydrogen (secondary N) is 1. The van der Waals surface area contributed by atoms with Crippen LogP contribution in [-0.4, -0.2) is 18.8 Å². The Bertz CT molecular complexity index is 796. The summed E-state index contributed by atoms with van der Waals surface area (Å²) in [6, 6.07) is 14.0. The van der Waals surface area contributed by atoms with Crippen molar-refractivity contribution in [3.63, 3.8) is 0 Å². The summed E-state index contributed by atoms with van der Waals surface area (Å²) in [6.07, 6.45) is 5.06. The van der Waals surface area contributed by atoms with Crippen molar-refractivity contribution >= 4 is 11.7 Å². The van der Waals surface area contributed by atoms with Crippen molar-refractivity contribution in [3.05, 3.63) is 70.3 Å². The molecule has 1 aliphatic rings. The fraction of sp³-hybridized carbons (Fsp3) is 0.391. The first-order valence-corrected chi connectivity index (χ1v) is 9.64. The van der Waals surface area contributed by atoms with E-state index in [1.165, 1.54) is 24.0 Å². The van der Waals surface area contributed by atoms with E-state index in [4.69, 9.17) is 4.74 Å². The number of hydrogen-bond acceptors (Lipinski definition) is 3. The Labute approximate surface area is 160 Å². The molecular formula is C23H27NO3. The summed E-state index contributed by atoms with van der Waals surface area (Å²) < 4.78 is 5.09. The van der Waals surface area contributed by atoms with E-state index in [2.05, 4.69) is 11.4 Å². The van der Waals surface area contributed by atoms with Gasteiger partial charge in [0.15, 0.2) is 5.78 Å². The standard InChI is InChI=1S/C23H27NO3/c1-27-16-18-8-6-17(7-9-18)15-24-23(26)13-12-22(25)21-11-10-19-4-2-3-5-20(19)14-21/h6-11,14H,2-5,12-13,15-16H2,1H3,(H,24,26). The van der Waals surface area contributed by atoms with E-state index in [9.17, 15) is 9.59 Å². The number of carbonyl (C=O) groups excluding carboxylic acids is 2. The van der Waals surface area contributed by atoms with Crippen molar-refractivity contribution in [1.82, 2.24) is 5.32 Å². The largest absolute Gasteiger partial charge is 0.380 e. The van der Waals surface area contributed by atoms with Gasteiger partial charge in [0.1, 0.15) is 0 Å². The molecule has 0 unspecified atom stereocenters. The summed E-state index contributed by atoms with van der Waals surface area (Å²) in [5.41, 5.74) is 5.53. The van der Waals surface area contributed by atoms with Gasteiger partial charge >= 0.3 is 0 Å². The summed E-state index contributed by atoms with van der Waals surface area (Å²) in [4.78, 5) is 24.5. The average Bonchev–Trinajstić information content (AvgIpc) is 2.71. The Kier molecular flexibility index (Phi) is 6.77. The minimum atomic E-state index is -0.0951. The number of amides is 1. The van der Waals surface area contributed by atoms with Crippen molar-refractivity contribution in [2.24, 2.45) is 0 Å². The molecule has 0 atom stereocenters. The van der Waals surface area contributed by atoms with Gasteiger partial charge in [0.05, 0.1) is 6.61 Å². The van der Waals surface area contributed by atoms with Crippen LogP contribution in [-0.2, 0) is 35.5 Å². The van der Waals surface area contributed by atoms with Crippen LogP contribution in [0.15, 0.2) is 42.5 Å². The highest BCUT2D eigenvalue weighted by molar-refractivity contribution is 5.98. The van der Waals surface area contributed by atoms with Gasteiger partial charge in [-0.2, -0.15) is 0 Å². The van der Waals surface area contributed by atoms with E-state index in [0.717, 1.165) is 29.5 Å². The number of Topliss-reactive ketones (excluding diaryl/α,β-unsaturated/α-hetero) is 1. The lowest BCUT2D eigenvalue weighted by Gasteiger charge is -2.16. The minimum absolute atomic E-state index is 0.0439. The van der Waals surface area contributed by atoms with Crippen LogP contribution >= 0.6 is 0 Å². The van der Waals surface area contributed by atoms with Crippen LogP contribution in [0.2, 0.25) is 0 Å². The maximum atomic E-state index is 12.4. The molecule has 0 aliphatic heterocycles. The van der Waals surface area contributed by atoms with Crippen LogP contribution in [0, 0.1) is 0 Å². The molecule has 4 nitrogen and oxygen atoms in total. The van der Waals surface area contributed by atoms with E-state index in [1.807, 2.05) is 36.4 Å². The Balaban J connectivity index is 1.45. The first kappa shape index (κ1) is 19.3. The molecule has 1 aliphatic carbocycles. The van der Waals surface area contributed by atoms with Crippen LogP contribution in [0.1, 0.15) is 58.3 Å². The first-order chi connectivity index (χ1) is 13.2. The number of rotatable bonds is 8. The van der Waals surface area contributed by atoms with Gasteiger partial charge in [0, 0.05) is 32.1 Å². The monoisotopic (exact) mass is 365 g/mol. The molecule has 0 bridgehead atoms. The van der Waals surface area contributed by atoms with Crippen LogP contribution < -0.4 is 5.32 Å². The van der Waals surface area contributed by atoms with Crippen molar-refractivity contribution < 1.29 is 14.3 Å². The van der Waals surface area contributed by atoms with Gasteiger partial charge in [-0.15, -0.1) is 0 Å². The topological polar surface area (TPSA) is 55.4 Å². The quantitative estimate of drug-likeness (QED) is 0.720. The summed E-state index contributed by atoms with van der Waals surface area (Å²) in [5, 5.41) is 2.88. The molecule has 0 aromatic heterocycles. The van der Waals surface area contributed by atoms with E-state index >= 15 is 0 Å². The third-order valence-corrected chi connectivity index (χ3v) is 5.07. The summed E-state index contributed by atoms with van der Waals surface area (Å²) in [7, 11) is 1.67. The number of fused-ring (bicyclic) bond motifs is 1. The molecule has 0 fully saturated rings. The summed E-state index contributed by atoms with van der Waals surface area (Å²) in [6.45, 7) is 1.05. The smallest absolute Gasteiger partial charge is 0.220 e. The highest BCUT2D eigenvalue weighted by Gasteiger charge is 2.14.